The quantitative estimate of drug-likeness (QED) is 0.407. The van der Waals surface area contributed by atoms with Gasteiger partial charge in [-0.25, -0.2) is 4.79 Å². The third kappa shape index (κ3) is 4.50. The number of rotatable bonds is 7. The Morgan fingerprint density at radius 3 is 2.30 bits per heavy atom. The standard InChI is InChI=1S/C26H36O4/c1-3-5-6-23(27)30-24-19-28-22(18-29-24)20-7-9-21(10-8-20)26-15-12-25(11-4-2,13-16-26)14-17-26/h5-10,22,24H,3-4,11-19H2,1-2H3/b6-5+/t22-,24-,25?,26?/m1/s1. The summed E-state index contributed by atoms with van der Waals surface area (Å²) in [5.74, 6) is -0.379. The fourth-order valence-corrected chi connectivity index (χ4v) is 5.78. The first-order chi connectivity index (χ1) is 14.6. The van der Waals surface area contributed by atoms with Crippen molar-refractivity contribution in [3.63, 3.8) is 0 Å². The molecule has 3 aliphatic carbocycles. The predicted octanol–water partition coefficient (Wildman–Crippen LogP) is 6.00. The van der Waals surface area contributed by atoms with Crippen molar-refractivity contribution in [2.75, 3.05) is 13.2 Å². The van der Waals surface area contributed by atoms with Crippen LogP contribution in [0.2, 0.25) is 0 Å². The van der Waals surface area contributed by atoms with Crippen molar-refractivity contribution in [2.45, 2.75) is 89.4 Å². The van der Waals surface area contributed by atoms with Crippen molar-refractivity contribution in [3.8, 4) is 0 Å². The van der Waals surface area contributed by atoms with Crippen LogP contribution >= 0.6 is 0 Å². The van der Waals surface area contributed by atoms with Gasteiger partial charge < -0.3 is 14.2 Å². The molecule has 0 N–H and O–H groups in total. The fraction of sp³-hybridized carbons (Fsp3) is 0.654. The molecule has 2 bridgehead atoms. The Morgan fingerprint density at radius 2 is 1.73 bits per heavy atom. The van der Waals surface area contributed by atoms with Crippen molar-refractivity contribution in [1.82, 2.24) is 0 Å². The van der Waals surface area contributed by atoms with Crippen LogP contribution in [-0.4, -0.2) is 25.5 Å². The molecular weight excluding hydrogens is 376 g/mol. The first-order valence-electron chi connectivity index (χ1n) is 11.8. The second kappa shape index (κ2) is 9.23. The molecule has 2 atom stereocenters. The van der Waals surface area contributed by atoms with Gasteiger partial charge in [-0.05, 0) is 73.3 Å². The summed E-state index contributed by atoms with van der Waals surface area (Å²) in [6.07, 6.45) is 14.2. The zero-order chi connectivity index (χ0) is 21.0. The first-order valence-corrected chi connectivity index (χ1v) is 11.8. The van der Waals surface area contributed by atoms with Crippen molar-refractivity contribution in [3.05, 3.63) is 47.5 Å². The Kier molecular flexibility index (Phi) is 6.64. The summed E-state index contributed by atoms with van der Waals surface area (Å²) in [6.45, 7) is 4.97. The fourth-order valence-electron chi connectivity index (χ4n) is 5.78. The average Bonchev–Trinajstić information content (AvgIpc) is 2.80. The second-order valence-corrected chi connectivity index (χ2v) is 9.48. The van der Waals surface area contributed by atoms with E-state index < -0.39 is 6.29 Å². The van der Waals surface area contributed by atoms with E-state index in [0.717, 1.165) is 12.0 Å². The molecule has 0 amide bonds. The van der Waals surface area contributed by atoms with Gasteiger partial charge in [0.05, 0.1) is 6.61 Å². The van der Waals surface area contributed by atoms with E-state index in [-0.39, 0.29) is 18.7 Å². The highest BCUT2D eigenvalue weighted by molar-refractivity contribution is 5.81. The molecule has 30 heavy (non-hydrogen) atoms. The van der Waals surface area contributed by atoms with Crippen LogP contribution in [-0.2, 0) is 24.4 Å². The minimum absolute atomic E-state index is 0.104. The van der Waals surface area contributed by atoms with Gasteiger partial charge in [0.1, 0.15) is 12.7 Å². The lowest BCUT2D eigenvalue weighted by Gasteiger charge is -2.54. The molecule has 1 aromatic rings. The Labute approximate surface area is 181 Å². The maximum Gasteiger partial charge on any atom is 0.332 e. The van der Waals surface area contributed by atoms with Gasteiger partial charge in [-0.1, -0.05) is 50.6 Å². The Hall–Kier alpha value is -1.65. The maximum atomic E-state index is 11.7. The molecule has 4 heteroatoms. The van der Waals surface area contributed by atoms with E-state index in [1.54, 1.807) is 6.08 Å². The topological polar surface area (TPSA) is 44.8 Å². The SMILES string of the molecule is CC/C=C/C(=O)O[C@@H]1CO[C@@H](c2ccc(C34CCC(CCC)(CC3)CC4)cc2)CO1. The summed E-state index contributed by atoms with van der Waals surface area (Å²) in [5.41, 5.74) is 3.68. The van der Waals surface area contributed by atoms with Crippen LogP contribution in [0.5, 0.6) is 0 Å². The molecule has 4 nitrogen and oxygen atoms in total. The molecule has 4 fully saturated rings. The largest absolute Gasteiger partial charge is 0.430 e. The third-order valence-corrected chi connectivity index (χ3v) is 7.68. The van der Waals surface area contributed by atoms with E-state index in [0.29, 0.717) is 17.4 Å². The minimum Gasteiger partial charge on any atom is -0.430 e. The number of hydrogen-bond acceptors (Lipinski definition) is 4. The van der Waals surface area contributed by atoms with Gasteiger partial charge in [-0.3, -0.25) is 0 Å². The molecule has 1 heterocycles. The Bertz CT molecular complexity index is 718. The highest BCUT2D eigenvalue weighted by atomic mass is 16.7. The van der Waals surface area contributed by atoms with Crippen molar-refractivity contribution in [1.29, 1.82) is 0 Å². The van der Waals surface area contributed by atoms with Crippen molar-refractivity contribution >= 4 is 5.97 Å². The normalized spacial score (nSPS) is 33.7. The highest BCUT2D eigenvalue weighted by Gasteiger charge is 2.48. The summed E-state index contributed by atoms with van der Waals surface area (Å²) in [4.78, 5) is 11.7. The lowest BCUT2D eigenvalue weighted by atomic mass is 9.51. The van der Waals surface area contributed by atoms with E-state index in [1.165, 1.54) is 63.0 Å². The van der Waals surface area contributed by atoms with Gasteiger partial charge >= 0.3 is 5.97 Å². The zero-order valence-electron chi connectivity index (χ0n) is 18.5. The van der Waals surface area contributed by atoms with Gasteiger partial charge in [-0.2, -0.15) is 0 Å². The maximum absolute atomic E-state index is 11.7. The molecule has 3 saturated carbocycles. The molecule has 0 radical (unpaired) electrons. The minimum atomic E-state index is -0.624. The molecule has 0 unspecified atom stereocenters. The van der Waals surface area contributed by atoms with E-state index in [1.807, 2.05) is 6.92 Å². The van der Waals surface area contributed by atoms with Gasteiger partial charge in [0.25, 0.3) is 0 Å². The number of benzene rings is 1. The zero-order valence-corrected chi connectivity index (χ0v) is 18.5. The van der Waals surface area contributed by atoms with Crippen LogP contribution in [0.3, 0.4) is 0 Å². The van der Waals surface area contributed by atoms with E-state index in [2.05, 4.69) is 31.2 Å². The van der Waals surface area contributed by atoms with Crippen LogP contribution in [0.1, 0.15) is 88.9 Å². The van der Waals surface area contributed by atoms with Crippen LogP contribution < -0.4 is 0 Å². The molecule has 164 valence electrons. The van der Waals surface area contributed by atoms with Crippen LogP contribution in [0.4, 0.5) is 0 Å². The Balaban J connectivity index is 1.32. The Morgan fingerprint density at radius 1 is 1.03 bits per heavy atom. The van der Waals surface area contributed by atoms with Crippen molar-refractivity contribution < 1.29 is 19.0 Å². The summed E-state index contributed by atoms with van der Waals surface area (Å²) in [7, 11) is 0. The van der Waals surface area contributed by atoms with E-state index in [9.17, 15) is 4.79 Å². The van der Waals surface area contributed by atoms with Gasteiger partial charge in [0.15, 0.2) is 0 Å². The predicted molar refractivity (Wildman–Crippen MR) is 117 cm³/mol. The number of hydrogen-bond donors (Lipinski definition) is 0. The van der Waals surface area contributed by atoms with Gasteiger partial charge in [0.2, 0.25) is 6.29 Å². The third-order valence-electron chi connectivity index (χ3n) is 7.68. The highest BCUT2D eigenvalue weighted by Crippen LogP contribution is 2.59. The lowest BCUT2D eigenvalue weighted by Crippen LogP contribution is -2.44. The summed E-state index contributed by atoms with van der Waals surface area (Å²) >= 11 is 0. The van der Waals surface area contributed by atoms with E-state index in [4.69, 9.17) is 14.2 Å². The monoisotopic (exact) mass is 412 g/mol. The number of ether oxygens (including phenoxy) is 3. The molecule has 1 aromatic carbocycles. The molecule has 1 aliphatic heterocycles. The molecular formula is C26H36O4. The summed E-state index contributed by atoms with van der Waals surface area (Å²) in [5, 5.41) is 0. The summed E-state index contributed by atoms with van der Waals surface area (Å²) < 4.78 is 16.9. The number of carbonyl (C=O) groups excluding carboxylic acids is 1. The van der Waals surface area contributed by atoms with Crippen LogP contribution in [0.15, 0.2) is 36.4 Å². The van der Waals surface area contributed by atoms with Crippen LogP contribution in [0, 0.1) is 5.41 Å². The first kappa shape index (κ1) is 21.6. The van der Waals surface area contributed by atoms with Crippen molar-refractivity contribution in [2.24, 2.45) is 5.41 Å². The number of carbonyl (C=O) groups is 1. The summed E-state index contributed by atoms with van der Waals surface area (Å²) in [6, 6.07) is 9.05. The average molecular weight is 413 g/mol. The van der Waals surface area contributed by atoms with Gasteiger partial charge in [-0.15, -0.1) is 0 Å². The van der Waals surface area contributed by atoms with Gasteiger partial charge in [0, 0.05) is 6.08 Å². The number of allylic oxidation sites excluding steroid dienone is 1. The van der Waals surface area contributed by atoms with Crippen LogP contribution in [0.25, 0.3) is 0 Å². The smallest absolute Gasteiger partial charge is 0.332 e. The second-order valence-electron chi connectivity index (χ2n) is 9.48. The molecule has 0 spiro atoms. The molecule has 4 aliphatic rings. The lowest BCUT2D eigenvalue weighted by molar-refractivity contribution is -0.230. The number of esters is 1. The number of fused-ring (bicyclic) bond motifs is 3. The molecule has 0 aromatic heterocycles. The van der Waals surface area contributed by atoms with E-state index >= 15 is 0 Å². The molecule has 5 rings (SSSR count). The molecule has 1 saturated heterocycles.